The van der Waals surface area contributed by atoms with E-state index in [-0.39, 0.29) is 5.41 Å². The molecule has 3 aromatic carbocycles. The summed E-state index contributed by atoms with van der Waals surface area (Å²) in [6, 6.07) is 32.9. The van der Waals surface area contributed by atoms with Crippen LogP contribution in [0.1, 0.15) is 42.4 Å². The number of hydrogen-bond donors (Lipinski definition) is 0. The quantitative estimate of drug-likeness (QED) is 0.441. The zero-order valence-corrected chi connectivity index (χ0v) is 15.7. The molecule has 0 atom stereocenters. The molecule has 0 heteroatoms. The Morgan fingerprint density at radius 3 is 1.44 bits per heavy atom. The molecular formula is C27H26. The lowest BCUT2D eigenvalue weighted by molar-refractivity contribution is 0.706. The lowest BCUT2D eigenvalue weighted by Crippen LogP contribution is -2.31. The Bertz CT molecular complexity index is 805. The highest BCUT2D eigenvalue weighted by Gasteiger charge is 2.38. The van der Waals surface area contributed by atoms with Crippen molar-refractivity contribution in [3.05, 3.63) is 131 Å². The number of hydrogen-bond acceptors (Lipinski definition) is 0. The van der Waals surface area contributed by atoms with Crippen LogP contribution in [-0.4, -0.2) is 0 Å². The van der Waals surface area contributed by atoms with Crippen molar-refractivity contribution in [2.45, 2.75) is 31.1 Å². The lowest BCUT2D eigenvalue weighted by Gasteiger charge is -2.38. The molecule has 27 heavy (non-hydrogen) atoms. The van der Waals surface area contributed by atoms with Crippen LogP contribution in [0.3, 0.4) is 0 Å². The summed E-state index contributed by atoms with van der Waals surface area (Å²) in [6.07, 6.45) is 12.0. The Balaban J connectivity index is 2.06. The summed E-state index contributed by atoms with van der Waals surface area (Å²) in [5.74, 6) is 0. The summed E-state index contributed by atoms with van der Waals surface area (Å²) in [5.41, 5.74) is 5.04. The van der Waals surface area contributed by atoms with E-state index in [1.165, 1.54) is 35.1 Å². The number of benzene rings is 3. The Kier molecular flexibility index (Phi) is 5.34. The molecule has 0 fully saturated rings. The smallest absolute Gasteiger partial charge is 0.0698 e. The van der Waals surface area contributed by atoms with Crippen LogP contribution >= 0.6 is 0 Å². The molecule has 1 aliphatic carbocycles. The van der Waals surface area contributed by atoms with Gasteiger partial charge in [-0.1, -0.05) is 109 Å². The van der Waals surface area contributed by atoms with E-state index in [0.717, 1.165) is 12.8 Å². The van der Waals surface area contributed by atoms with E-state index in [9.17, 15) is 0 Å². The van der Waals surface area contributed by atoms with Crippen molar-refractivity contribution in [2.75, 3.05) is 0 Å². The second-order valence-corrected chi connectivity index (χ2v) is 7.19. The summed E-state index contributed by atoms with van der Waals surface area (Å²) >= 11 is 0. The average Bonchev–Trinajstić information content (AvgIpc) is 2.72. The Hall–Kier alpha value is -2.86. The molecule has 0 unspecified atom stereocenters. The molecule has 0 aliphatic heterocycles. The molecule has 0 radical (unpaired) electrons. The van der Waals surface area contributed by atoms with Crippen molar-refractivity contribution >= 4 is 0 Å². The second-order valence-electron chi connectivity index (χ2n) is 7.19. The topological polar surface area (TPSA) is 0 Å². The first-order chi connectivity index (χ1) is 13.4. The molecule has 3 aromatic rings. The molecule has 4 rings (SSSR count). The van der Waals surface area contributed by atoms with Gasteiger partial charge in [-0.05, 0) is 47.9 Å². The fraction of sp³-hybridized carbons (Fsp3) is 0.185. The minimum absolute atomic E-state index is 0.294. The van der Waals surface area contributed by atoms with Crippen LogP contribution in [0.15, 0.2) is 115 Å². The monoisotopic (exact) mass is 350 g/mol. The largest absolute Gasteiger partial charge is 0.0842 e. The van der Waals surface area contributed by atoms with Crippen LogP contribution < -0.4 is 0 Å². The van der Waals surface area contributed by atoms with Gasteiger partial charge in [0.05, 0.1) is 5.41 Å². The van der Waals surface area contributed by atoms with Gasteiger partial charge in [0.25, 0.3) is 0 Å². The van der Waals surface area contributed by atoms with Crippen molar-refractivity contribution in [2.24, 2.45) is 0 Å². The van der Waals surface area contributed by atoms with E-state index < -0.39 is 0 Å². The maximum Gasteiger partial charge on any atom is 0.0698 e. The van der Waals surface area contributed by atoms with Gasteiger partial charge in [0.15, 0.2) is 0 Å². The van der Waals surface area contributed by atoms with Gasteiger partial charge in [-0.2, -0.15) is 0 Å². The maximum atomic E-state index is 2.46. The standard InChI is InChI=1S/C27H26/c1-2-7-15-23(16-8-3-1)27(24-17-9-4-10-18-24,25-19-11-5-12-20-25)26-21-13-6-14-22-26/h4-7,9-22H,1-3,8H2/b15-7-,23-16+. The molecule has 0 N–H and O–H groups in total. The highest BCUT2D eigenvalue weighted by Crippen LogP contribution is 2.46. The third-order valence-corrected chi connectivity index (χ3v) is 5.54. The summed E-state index contributed by atoms with van der Waals surface area (Å²) in [7, 11) is 0. The van der Waals surface area contributed by atoms with Crippen molar-refractivity contribution < 1.29 is 0 Å². The SMILES string of the molecule is C1=C\C(C(c2ccccc2)(c2ccccc2)c2ccccc2)=C/CCCC/1. The molecule has 0 heterocycles. The predicted octanol–water partition coefficient (Wildman–Crippen LogP) is 7.08. The van der Waals surface area contributed by atoms with Crippen molar-refractivity contribution in [1.29, 1.82) is 0 Å². The molecular weight excluding hydrogens is 324 g/mol. The van der Waals surface area contributed by atoms with E-state index in [2.05, 4.69) is 109 Å². The van der Waals surface area contributed by atoms with E-state index in [0.29, 0.717) is 0 Å². The van der Waals surface area contributed by atoms with Crippen molar-refractivity contribution in [3.63, 3.8) is 0 Å². The second kappa shape index (κ2) is 8.22. The molecule has 0 bridgehead atoms. The van der Waals surface area contributed by atoms with Gasteiger partial charge < -0.3 is 0 Å². The van der Waals surface area contributed by atoms with Gasteiger partial charge in [-0.15, -0.1) is 0 Å². The van der Waals surface area contributed by atoms with E-state index in [4.69, 9.17) is 0 Å². The van der Waals surface area contributed by atoms with E-state index in [1.54, 1.807) is 0 Å². The Labute approximate surface area is 162 Å². The Morgan fingerprint density at radius 1 is 0.519 bits per heavy atom. The molecule has 134 valence electrons. The zero-order valence-electron chi connectivity index (χ0n) is 15.7. The van der Waals surface area contributed by atoms with Crippen molar-refractivity contribution in [3.8, 4) is 0 Å². The minimum Gasteiger partial charge on any atom is -0.0842 e. The summed E-state index contributed by atoms with van der Waals surface area (Å²) in [6.45, 7) is 0. The van der Waals surface area contributed by atoms with Crippen LogP contribution in [0.2, 0.25) is 0 Å². The van der Waals surface area contributed by atoms with Crippen LogP contribution in [-0.2, 0) is 5.41 Å². The highest BCUT2D eigenvalue weighted by atomic mass is 14.4. The average molecular weight is 351 g/mol. The predicted molar refractivity (Wildman–Crippen MR) is 115 cm³/mol. The first-order valence-electron chi connectivity index (χ1n) is 9.96. The van der Waals surface area contributed by atoms with Crippen LogP contribution in [0.5, 0.6) is 0 Å². The fourth-order valence-electron chi connectivity index (χ4n) is 4.28. The summed E-state index contributed by atoms with van der Waals surface area (Å²) < 4.78 is 0. The Morgan fingerprint density at radius 2 is 0.963 bits per heavy atom. The molecule has 0 aromatic heterocycles. The molecule has 0 nitrogen and oxygen atoms in total. The molecule has 0 amide bonds. The number of allylic oxidation sites excluding steroid dienone is 4. The molecule has 0 saturated heterocycles. The first-order valence-corrected chi connectivity index (χ1v) is 9.96. The van der Waals surface area contributed by atoms with Gasteiger partial charge in [0.2, 0.25) is 0 Å². The van der Waals surface area contributed by atoms with Crippen molar-refractivity contribution in [1.82, 2.24) is 0 Å². The first kappa shape index (κ1) is 17.5. The highest BCUT2D eigenvalue weighted by molar-refractivity contribution is 5.61. The third-order valence-electron chi connectivity index (χ3n) is 5.54. The lowest BCUT2D eigenvalue weighted by atomic mass is 9.64. The van der Waals surface area contributed by atoms with Gasteiger partial charge in [0, 0.05) is 0 Å². The van der Waals surface area contributed by atoms with Crippen LogP contribution in [0, 0.1) is 0 Å². The normalized spacial score (nSPS) is 18.0. The van der Waals surface area contributed by atoms with Gasteiger partial charge in [-0.25, -0.2) is 0 Å². The fourth-order valence-corrected chi connectivity index (χ4v) is 4.28. The van der Waals surface area contributed by atoms with Gasteiger partial charge in [0.1, 0.15) is 0 Å². The van der Waals surface area contributed by atoms with Gasteiger partial charge in [-0.3, -0.25) is 0 Å². The summed E-state index contributed by atoms with van der Waals surface area (Å²) in [4.78, 5) is 0. The molecule has 0 saturated carbocycles. The number of rotatable bonds is 4. The zero-order chi connectivity index (χ0) is 18.4. The van der Waals surface area contributed by atoms with E-state index >= 15 is 0 Å². The summed E-state index contributed by atoms with van der Waals surface area (Å²) in [5, 5.41) is 0. The molecule has 1 aliphatic rings. The van der Waals surface area contributed by atoms with Crippen LogP contribution in [0.25, 0.3) is 0 Å². The van der Waals surface area contributed by atoms with E-state index in [1.807, 2.05) is 0 Å². The van der Waals surface area contributed by atoms with Crippen LogP contribution in [0.4, 0.5) is 0 Å². The minimum atomic E-state index is -0.294. The maximum absolute atomic E-state index is 2.46. The molecule has 0 spiro atoms. The third kappa shape index (κ3) is 3.40. The van der Waals surface area contributed by atoms with Gasteiger partial charge >= 0.3 is 0 Å².